The van der Waals surface area contributed by atoms with Crippen molar-refractivity contribution in [3.05, 3.63) is 30.1 Å². The maximum absolute atomic E-state index is 11.4. The maximum Gasteiger partial charge on any atom is 0.253 e. The van der Waals surface area contributed by atoms with Gasteiger partial charge in [-0.05, 0) is 12.1 Å². The van der Waals surface area contributed by atoms with Gasteiger partial charge in [-0.1, -0.05) is 0 Å². The second kappa shape index (κ2) is 5.31. The molecule has 1 aromatic rings. The van der Waals surface area contributed by atoms with Crippen molar-refractivity contribution in [1.29, 1.82) is 0 Å². The minimum atomic E-state index is -0.622. The quantitative estimate of drug-likeness (QED) is 0.586. The fourth-order valence-electron chi connectivity index (χ4n) is 0.915. The number of nitrogens with zero attached hydrogens (tertiary/aromatic N) is 1. The fraction of sp³-hybridized carbons (Fsp3) is 0.333. The van der Waals surface area contributed by atoms with Gasteiger partial charge in [0.2, 0.25) is 0 Å². The Morgan fingerprint density at radius 1 is 1.50 bits per heavy atom. The van der Waals surface area contributed by atoms with Crippen LogP contribution in [0.5, 0.6) is 0 Å². The number of pyridine rings is 1. The summed E-state index contributed by atoms with van der Waals surface area (Å²) in [7, 11) is 0. The highest BCUT2D eigenvalue weighted by molar-refractivity contribution is 5.93. The van der Waals surface area contributed by atoms with Crippen molar-refractivity contribution in [3.63, 3.8) is 0 Å². The van der Waals surface area contributed by atoms with E-state index in [0.29, 0.717) is 5.56 Å². The molecule has 0 saturated heterocycles. The highest BCUT2D eigenvalue weighted by Gasteiger charge is 2.11. The van der Waals surface area contributed by atoms with Crippen molar-refractivity contribution in [1.82, 2.24) is 10.3 Å². The first-order chi connectivity index (χ1) is 6.77. The molecule has 0 unspecified atom stereocenters. The molecule has 0 radical (unpaired) electrons. The van der Waals surface area contributed by atoms with Gasteiger partial charge < -0.3 is 15.5 Å². The Morgan fingerprint density at radius 2 is 2.21 bits per heavy atom. The minimum Gasteiger partial charge on any atom is -0.394 e. The molecule has 1 rings (SSSR count). The van der Waals surface area contributed by atoms with Crippen LogP contribution in [0.25, 0.3) is 0 Å². The Balaban J connectivity index is 2.59. The number of rotatable bonds is 4. The zero-order valence-corrected chi connectivity index (χ0v) is 7.55. The number of hydrogen-bond donors (Lipinski definition) is 3. The molecule has 1 amide bonds. The van der Waals surface area contributed by atoms with Crippen LogP contribution in [-0.2, 0) is 0 Å². The molecule has 0 aromatic carbocycles. The number of aliphatic hydroxyl groups excluding tert-OH is 2. The molecule has 0 bridgehead atoms. The largest absolute Gasteiger partial charge is 0.394 e. The first-order valence-corrected chi connectivity index (χ1v) is 4.20. The van der Waals surface area contributed by atoms with E-state index >= 15 is 0 Å². The predicted octanol–water partition coefficient (Wildman–Crippen LogP) is -0.835. The summed E-state index contributed by atoms with van der Waals surface area (Å²) in [5.74, 6) is -0.355. The molecule has 1 heterocycles. The summed E-state index contributed by atoms with van der Waals surface area (Å²) in [4.78, 5) is 15.2. The zero-order chi connectivity index (χ0) is 10.4. The number of nitrogens with one attached hydrogen (secondary N) is 1. The lowest BCUT2D eigenvalue weighted by Crippen LogP contribution is -2.40. The lowest BCUT2D eigenvalue weighted by molar-refractivity contribution is 0.0879. The topological polar surface area (TPSA) is 82.5 Å². The summed E-state index contributed by atoms with van der Waals surface area (Å²) >= 11 is 0. The number of aromatic nitrogens is 1. The number of amides is 1. The van der Waals surface area contributed by atoms with E-state index in [4.69, 9.17) is 10.2 Å². The molecular formula is C9H12N2O3. The van der Waals surface area contributed by atoms with E-state index in [1.165, 1.54) is 6.20 Å². The lowest BCUT2D eigenvalue weighted by Gasteiger charge is -2.12. The van der Waals surface area contributed by atoms with Gasteiger partial charge >= 0.3 is 0 Å². The number of carbonyl (C=O) groups is 1. The van der Waals surface area contributed by atoms with E-state index in [-0.39, 0.29) is 19.1 Å². The minimum absolute atomic E-state index is 0.289. The van der Waals surface area contributed by atoms with Crippen LogP contribution in [0.3, 0.4) is 0 Å². The van der Waals surface area contributed by atoms with E-state index in [2.05, 4.69) is 10.3 Å². The molecule has 0 spiro atoms. The van der Waals surface area contributed by atoms with Crippen LogP contribution < -0.4 is 5.32 Å². The third kappa shape index (κ3) is 2.79. The molecule has 0 atom stereocenters. The second-order valence-electron chi connectivity index (χ2n) is 2.78. The Bertz CT molecular complexity index is 285. The second-order valence-corrected chi connectivity index (χ2v) is 2.78. The summed E-state index contributed by atoms with van der Waals surface area (Å²) in [6, 6.07) is 2.62. The lowest BCUT2D eigenvalue weighted by atomic mass is 10.2. The van der Waals surface area contributed by atoms with Crippen LogP contribution in [0, 0.1) is 0 Å². The van der Waals surface area contributed by atoms with Gasteiger partial charge in [-0.3, -0.25) is 9.78 Å². The average Bonchev–Trinajstić information content (AvgIpc) is 2.26. The fourth-order valence-corrected chi connectivity index (χ4v) is 0.915. The van der Waals surface area contributed by atoms with Gasteiger partial charge in [-0.25, -0.2) is 0 Å². The molecule has 14 heavy (non-hydrogen) atoms. The van der Waals surface area contributed by atoms with Gasteiger partial charge in [0.05, 0.1) is 24.8 Å². The standard InChI is InChI=1S/C9H12N2O3/c12-5-8(6-13)11-9(14)7-2-1-3-10-4-7/h1-4,8,12-13H,5-6H2,(H,11,14). The highest BCUT2D eigenvalue weighted by atomic mass is 16.3. The normalized spacial score (nSPS) is 10.2. The molecule has 0 aliphatic heterocycles. The summed E-state index contributed by atoms with van der Waals surface area (Å²) in [6.45, 7) is -0.578. The summed E-state index contributed by atoms with van der Waals surface area (Å²) in [6.07, 6.45) is 2.98. The Hall–Kier alpha value is -1.46. The van der Waals surface area contributed by atoms with E-state index in [1.807, 2.05) is 0 Å². The smallest absolute Gasteiger partial charge is 0.253 e. The summed E-state index contributed by atoms with van der Waals surface area (Å²) in [5, 5.41) is 19.9. The highest BCUT2D eigenvalue weighted by Crippen LogP contribution is 1.95. The van der Waals surface area contributed by atoms with Crippen LogP contribution in [0.4, 0.5) is 0 Å². The van der Waals surface area contributed by atoms with Crippen LogP contribution >= 0.6 is 0 Å². The van der Waals surface area contributed by atoms with E-state index in [0.717, 1.165) is 0 Å². The molecular weight excluding hydrogens is 184 g/mol. The van der Waals surface area contributed by atoms with Crippen molar-refractivity contribution in [2.24, 2.45) is 0 Å². The van der Waals surface area contributed by atoms with Crippen LogP contribution in [0.2, 0.25) is 0 Å². The van der Waals surface area contributed by atoms with E-state index in [1.54, 1.807) is 18.3 Å². The van der Waals surface area contributed by atoms with Crippen molar-refractivity contribution >= 4 is 5.91 Å². The van der Waals surface area contributed by atoms with Crippen LogP contribution in [-0.4, -0.2) is 40.4 Å². The molecule has 76 valence electrons. The molecule has 0 aliphatic carbocycles. The SMILES string of the molecule is O=C(NC(CO)CO)c1cccnc1. The van der Waals surface area contributed by atoms with Crippen molar-refractivity contribution < 1.29 is 15.0 Å². The monoisotopic (exact) mass is 196 g/mol. The summed E-state index contributed by atoms with van der Waals surface area (Å²) in [5.41, 5.74) is 0.402. The zero-order valence-electron chi connectivity index (χ0n) is 7.55. The maximum atomic E-state index is 11.4. The van der Waals surface area contributed by atoms with Crippen molar-refractivity contribution in [3.8, 4) is 0 Å². The predicted molar refractivity (Wildman–Crippen MR) is 49.7 cm³/mol. The van der Waals surface area contributed by atoms with E-state index in [9.17, 15) is 4.79 Å². The molecule has 1 aromatic heterocycles. The van der Waals surface area contributed by atoms with Gasteiger partial charge in [0.15, 0.2) is 0 Å². The van der Waals surface area contributed by atoms with Gasteiger partial charge in [0, 0.05) is 12.4 Å². The van der Waals surface area contributed by atoms with Crippen molar-refractivity contribution in [2.45, 2.75) is 6.04 Å². The summed E-state index contributed by atoms with van der Waals surface area (Å²) < 4.78 is 0. The molecule has 0 fully saturated rings. The molecule has 0 aliphatic rings. The molecule has 0 saturated carbocycles. The first kappa shape index (κ1) is 10.6. The Labute approximate surface area is 81.4 Å². The van der Waals surface area contributed by atoms with Gasteiger partial charge in [-0.2, -0.15) is 0 Å². The Morgan fingerprint density at radius 3 is 2.71 bits per heavy atom. The van der Waals surface area contributed by atoms with Crippen LogP contribution in [0.1, 0.15) is 10.4 Å². The van der Waals surface area contributed by atoms with Gasteiger partial charge in [0.25, 0.3) is 5.91 Å². The average molecular weight is 196 g/mol. The van der Waals surface area contributed by atoms with Gasteiger partial charge in [0.1, 0.15) is 0 Å². The number of carbonyl (C=O) groups excluding carboxylic acids is 1. The van der Waals surface area contributed by atoms with Crippen molar-refractivity contribution in [2.75, 3.05) is 13.2 Å². The third-order valence-corrected chi connectivity index (χ3v) is 1.70. The Kier molecular flexibility index (Phi) is 4.03. The number of aliphatic hydroxyl groups is 2. The van der Waals surface area contributed by atoms with E-state index < -0.39 is 6.04 Å². The van der Waals surface area contributed by atoms with Crippen LogP contribution in [0.15, 0.2) is 24.5 Å². The molecule has 5 nitrogen and oxygen atoms in total. The molecule has 3 N–H and O–H groups in total. The molecule has 5 heteroatoms. The number of hydrogen-bond acceptors (Lipinski definition) is 4. The first-order valence-electron chi connectivity index (χ1n) is 4.20. The third-order valence-electron chi connectivity index (χ3n) is 1.70. The van der Waals surface area contributed by atoms with Gasteiger partial charge in [-0.15, -0.1) is 0 Å².